The maximum absolute atomic E-state index is 4.68. The van der Waals surface area contributed by atoms with Crippen molar-refractivity contribution in [1.82, 2.24) is 15.0 Å². The summed E-state index contributed by atoms with van der Waals surface area (Å²) >= 11 is 0. The molecule has 5 nitrogen and oxygen atoms in total. The summed E-state index contributed by atoms with van der Waals surface area (Å²) in [6, 6.07) is 9.92. The van der Waals surface area contributed by atoms with Crippen LogP contribution in [-0.2, 0) is 0 Å². The number of hydrogen-bond donors (Lipinski definition) is 1. The summed E-state index contributed by atoms with van der Waals surface area (Å²) < 4.78 is 1.82. The standard InChI is InChI=1S/C13H17N5/c1-3-17(4-2)13(18-11-14-10-15-18)16-12-8-6-5-7-9-12/h5-11H,3-4H2,1-2H3/p+1. The summed E-state index contributed by atoms with van der Waals surface area (Å²) in [5.41, 5.74) is 0.932. The molecule has 0 saturated carbocycles. The topological polar surface area (TPSA) is 48.2 Å². The molecule has 0 aliphatic carbocycles. The Kier molecular flexibility index (Phi) is 4.06. The Morgan fingerprint density at radius 3 is 2.56 bits per heavy atom. The maximum atomic E-state index is 4.68. The van der Waals surface area contributed by atoms with E-state index in [1.165, 1.54) is 0 Å². The molecule has 1 aromatic carbocycles. The fourth-order valence-corrected chi connectivity index (χ4v) is 1.74. The van der Waals surface area contributed by atoms with Gasteiger partial charge in [-0.3, -0.25) is 4.90 Å². The third-order valence-electron chi connectivity index (χ3n) is 2.70. The van der Waals surface area contributed by atoms with Crippen LogP contribution >= 0.6 is 0 Å². The Balaban J connectivity index is 2.39. The zero-order valence-electron chi connectivity index (χ0n) is 10.7. The van der Waals surface area contributed by atoms with E-state index in [-0.39, 0.29) is 0 Å². The molecule has 94 valence electrons. The molecule has 0 aliphatic rings. The molecule has 5 heteroatoms. The molecule has 0 radical (unpaired) electrons. The smallest absolute Gasteiger partial charge is 0.280 e. The lowest BCUT2D eigenvalue weighted by Gasteiger charge is -2.15. The van der Waals surface area contributed by atoms with Crippen LogP contribution in [0.3, 0.4) is 0 Å². The summed E-state index contributed by atoms with van der Waals surface area (Å²) in [6.07, 6.45) is 3.37. The van der Waals surface area contributed by atoms with Crippen LogP contribution in [0.2, 0.25) is 0 Å². The quantitative estimate of drug-likeness (QED) is 0.506. The van der Waals surface area contributed by atoms with Gasteiger partial charge in [0.05, 0.1) is 13.1 Å². The maximum Gasteiger partial charge on any atom is 0.371 e. The molecule has 18 heavy (non-hydrogen) atoms. The molecular formula is C13H18N5+. The highest BCUT2D eigenvalue weighted by atomic mass is 15.4. The molecule has 2 rings (SSSR count). The lowest BCUT2D eigenvalue weighted by atomic mass is 10.3. The number of rotatable bonds is 3. The van der Waals surface area contributed by atoms with E-state index in [1.54, 1.807) is 12.7 Å². The van der Waals surface area contributed by atoms with Crippen molar-refractivity contribution in [2.24, 2.45) is 4.99 Å². The van der Waals surface area contributed by atoms with Gasteiger partial charge in [-0.15, -0.1) is 14.7 Å². The fraction of sp³-hybridized carbons (Fsp3) is 0.308. The molecule has 0 bridgehead atoms. The fourth-order valence-electron chi connectivity index (χ4n) is 1.74. The van der Waals surface area contributed by atoms with Crippen molar-refractivity contribution >= 4 is 11.6 Å². The molecule has 1 N–H and O–H groups in total. The van der Waals surface area contributed by atoms with Gasteiger partial charge in [-0.1, -0.05) is 18.2 Å². The molecule has 0 unspecified atom stereocenters. The van der Waals surface area contributed by atoms with Crippen LogP contribution in [0.25, 0.3) is 0 Å². The highest BCUT2D eigenvalue weighted by Gasteiger charge is 2.18. The van der Waals surface area contributed by atoms with Crippen molar-refractivity contribution in [3.05, 3.63) is 43.0 Å². The molecule has 0 atom stereocenters. The first-order valence-corrected chi connectivity index (χ1v) is 6.14. The largest absolute Gasteiger partial charge is 0.371 e. The monoisotopic (exact) mass is 244 g/mol. The number of aliphatic imine (C=N–C) groups is 1. The van der Waals surface area contributed by atoms with Crippen molar-refractivity contribution < 1.29 is 4.68 Å². The number of aromatic nitrogens is 3. The second-order valence-corrected chi connectivity index (χ2v) is 3.81. The van der Waals surface area contributed by atoms with Crippen molar-refractivity contribution in [2.45, 2.75) is 13.8 Å². The van der Waals surface area contributed by atoms with E-state index in [9.17, 15) is 0 Å². The highest BCUT2D eigenvalue weighted by Crippen LogP contribution is 2.10. The second kappa shape index (κ2) is 5.95. The third-order valence-corrected chi connectivity index (χ3v) is 2.70. The van der Waals surface area contributed by atoms with Gasteiger partial charge in [-0.05, 0) is 26.0 Å². The number of aromatic amines is 1. The molecule has 1 heterocycles. The van der Waals surface area contributed by atoms with Crippen LogP contribution in [-0.4, -0.2) is 34.0 Å². The van der Waals surface area contributed by atoms with Gasteiger partial charge < -0.3 is 0 Å². The number of hydrogen-bond acceptors (Lipinski definition) is 2. The molecule has 2 aromatic rings. The van der Waals surface area contributed by atoms with Gasteiger partial charge in [0, 0.05) is 0 Å². The summed E-state index contributed by atoms with van der Waals surface area (Å²) in [5, 5.41) is 3.04. The van der Waals surface area contributed by atoms with Crippen LogP contribution in [0.1, 0.15) is 13.8 Å². The van der Waals surface area contributed by atoms with Crippen LogP contribution in [0.4, 0.5) is 5.69 Å². The van der Waals surface area contributed by atoms with Crippen LogP contribution in [0, 0.1) is 0 Å². The van der Waals surface area contributed by atoms with E-state index in [4.69, 9.17) is 0 Å². The van der Waals surface area contributed by atoms with E-state index < -0.39 is 0 Å². The molecule has 0 spiro atoms. The highest BCUT2D eigenvalue weighted by molar-refractivity contribution is 5.74. The van der Waals surface area contributed by atoms with Gasteiger partial charge in [0.1, 0.15) is 5.69 Å². The zero-order valence-corrected chi connectivity index (χ0v) is 10.7. The number of nitrogens with one attached hydrogen (secondary N) is 1. The number of benzene rings is 1. The first-order valence-electron chi connectivity index (χ1n) is 6.14. The molecule has 0 saturated heterocycles. The Labute approximate surface area is 107 Å². The lowest BCUT2D eigenvalue weighted by Crippen LogP contribution is -2.54. The Hall–Kier alpha value is -2.17. The van der Waals surface area contributed by atoms with Gasteiger partial charge in [-0.25, -0.2) is 5.10 Å². The van der Waals surface area contributed by atoms with Gasteiger partial charge in [0.15, 0.2) is 6.33 Å². The normalized spacial score (nSPS) is 11.6. The first-order chi connectivity index (χ1) is 8.85. The van der Waals surface area contributed by atoms with Gasteiger partial charge >= 0.3 is 5.96 Å². The average Bonchev–Trinajstić information content (AvgIpc) is 2.94. The molecule has 1 aromatic heterocycles. The molecule has 0 aliphatic heterocycles. The third kappa shape index (κ3) is 2.74. The lowest BCUT2D eigenvalue weighted by molar-refractivity contribution is -0.627. The predicted octanol–water partition coefficient (Wildman–Crippen LogP) is 1.57. The van der Waals surface area contributed by atoms with E-state index in [1.807, 2.05) is 35.0 Å². The van der Waals surface area contributed by atoms with Crippen molar-refractivity contribution in [1.29, 1.82) is 0 Å². The van der Waals surface area contributed by atoms with Crippen LogP contribution in [0.5, 0.6) is 0 Å². The number of nitrogens with zero attached hydrogens (tertiary/aromatic N) is 4. The first kappa shape index (κ1) is 12.3. The van der Waals surface area contributed by atoms with Crippen molar-refractivity contribution in [2.75, 3.05) is 13.1 Å². The Morgan fingerprint density at radius 1 is 1.28 bits per heavy atom. The van der Waals surface area contributed by atoms with Gasteiger partial charge in [0.25, 0.3) is 0 Å². The van der Waals surface area contributed by atoms with Gasteiger partial charge in [0.2, 0.25) is 6.33 Å². The van der Waals surface area contributed by atoms with E-state index in [2.05, 4.69) is 33.8 Å². The summed E-state index contributed by atoms with van der Waals surface area (Å²) in [6.45, 7) is 6.02. The minimum absolute atomic E-state index is 0.851. The number of para-hydroxylation sites is 1. The van der Waals surface area contributed by atoms with Crippen molar-refractivity contribution in [3.63, 3.8) is 0 Å². The second-order valence-electron chi connectivity index (χ2n) is 3.81. The molecule has 0 amide bonds. The predicted molar refractivity (Wildman–Crippen MR) is 70.6 cm³/mol. The minimum Gasteiger partial charge on any atom is -0.280 e. The van der Waals surface area contributed by atoms with E-state index >= 15 is 0 Å². The van der Waals surface area contributed by atoms with Crippen molar-refractivity contribution in [3.8, 4) is 0 Å². The zero-order chi connectivity index (χ0) is 12.8. The summed E-state index contributed by atoms with van der Waals surface area (Å²) in [4.78, 5) is 10.9. The average molecular weight is 244 g/mol. The SMILES string of the molecule is CCN(CC)C(=Nc1ccccc1)[n+]1cnc[nH]1. The molecule has 0 fully saturated rings. The number of H-pyrrole nitrogens is 1. The summed E-state index contributed by atoms with van der Waals surface area (Å²) in [5.74, 6) is 0.851. The van der Waals surface area contributed by atoms with E-state index in [0.29, 0.717) is 0 Å². The Bertz CT molecular complexity index is 485. The van der Waals surface area contributed by atoms with E-state index in [0.717, 1.165) is 24.7 Å². The van der Waals surface area contributed by atoms with Crippen LogP contribution in [0.15, 0.2) is 48.0 Å². The minimum atomic E-state index is 0.851. The Morgan fingerprint density at radius 2 is 2.00 bits per heavy atom. The van der Waals surface area contributed by atoms with Gasteiger partial charge in [-0.2, -0.15) is 0 Å². The summed E-state index contributed by atoms with van der Waals surface area (Å²) in [7, 11) is 0. The van der Waals surface area contributed by atoms with Crippen LogP contribution < -0.4 is 4.68 Å². The molecular weight excluding hydrogens is 226 g/mol.